The van der Waals surface area contributed by atoms with E-state index in [0.717, 1.165) is 16.7 Å². The maximum Gasteiger partial charge on any atom is 0.123 e. The molecule has 2 atom stereocenters. The van der Waals surface area contributed by atoms with E-state index in [4.69, 9.17) is 5.73 Å². The van der Waals surface area contributed by atoms with Crippen molar-refractivity contribution in [3.8, 4) is 0 Å². The van der Waals surface area contributed by atoms with E-state index in [0.29, 0.717) is 6.54 Å². The van der Waals surface area contributed by atoms with E-state index >= 15 is 0 Å². The Kier molecular flexibility index (Phi) is 4.76. The molecule has 0 amide bonds. The molecule has 112 valence electrons. The lowest BCUT2D eigenvalue weighted by atomic mass is 9.86. The summed E-state index contributed by atoms with van der Waals surface area (Å²) in [6, 6.07) is 10.6. The fraction of sp³-hybridized carbons (Fsp3) is 0.333. The van der Waals surface area contributed by atoms with Crippen LogP contribution in [0.4, 0.5) is 4.39 Å². The molecular formula is C18H22FNO. The summed E-state index contributed by atoms with van der Waals surface area (Å²) in [6.45, 7) is 6.23. The molecule has 0 saturated heterocycles. The van der Waals surface area contributed by atoms with E-state index in [1.807, 2.05) is 19.1 Å². The minimum atomic E-state index is -0.738. The van der Waals surface area contributed by atoms with Crippen molar-refractivity contribution in [2.24, 2.45) is 5.73 Å². The maximum atomic E-state index is 13.2. The summed E-state index contributed by atoms with van der Waals surface area (Å²) in [6.07, 6.45) is -0.738. The van der Waals surface area contributed by atoms with Gasteiger partial charge in [-0.25, -0.2) is 4.39 Å². The van der Waals surface area contributed by atoms with Crippen LogP contribution >= 0.6 is 0 Å². The van der Waals surface area contributed by atoms with Crippen molar-refractivity contribution in [1.29, 1.82) is 0 Å². The molecule has 2 unspecified atom stereocenters. The number of halogens is 1. The van der Waals surface area contributed by atoms with Crippen LogP contribution in [-0.2, 0) is 0 Å². The number of benzene rings is 2. The highest BCUT2D eigenvalue weighted by molar-refractivity contribution is 5.36. The minimum absolute atomic E-state index is 0.200. The van der Waals surface area contributed by atoms with Crippen molar-refractivity contribution in [2.45, 2.75) is 32.8 Å². The van der Waals surface area contributed by atoms with Crippen LogP contribution in [0.15, 0.2) is 36.4 Å². The quantitative estimate of drug-likeness (QED) is 0.903. The predicted molar refractivity (Wildman–Crippen MR) is 83.8 cm³/mol. The Labute approximate surface area is 125 Å². The minimum Gasteiger partial charge on any atom is -0.388 e. The van der Waals surface area contributed by atoms with Gasteiger partial charge in [0.1, 0.15) is 5.82 Å². The van der Waals surface area contributed by atoms with Crippen LogP contribution in [0.25, 0.3) is 0 Å². The number of aryl methyl sites for hydroxylation is 3. The van der Waals surface area contributed by atoms with Gasteiger partial charge in [-0.15, -0.1) is 0 Å². The molecule has 2 aromatic carbocycles. The van der Waals surface area contributed by atoms with Crippen molar-refractivity contribution in [3.63, 3.8) is 0 Å². The van der Waals surface area contributed by atoms with Crippen molar-refractivity contribution in [1.82, 2.24) is 0 Å². The molecule has 21 heavy (non-hydrogen) atoms. The number of rotatable bonds is 4. The Balaban J connectivity index is 2.37. The van der Waals surface area contributed by atoms with Gasteiger partial charge in [-0.05, 0) is 60.7 Å². The normalized spacial score (nSPS) is 14.0. The molecule has 0 saturated carbocycles. The molecule has 0 heterocycles. The lowest BCUT2D eigenvalue weighted by molar-refractivity contribution is 0.146. The van der Waals surface area contributed by atoms with E-state index in [9.17, 15) is 9.50 Å². The second kappa shape index (κ2) is 6.37. The van der Waals surface area contributed by atoms with Gasteiger partial charge >= 0.3 is 0 Å². The van der Waals surface area contributed by atoms with Crippen molar-refractivity contribution < 1.29 is 9.50 Å². The molecular weight excluding hydrogens is 265 g/mol. The summed E-state index contributed by atoms with van der Waals surface area (Å²) in [5.74, 6) is -0.493. The third kappa shape index (κ3) is 3.31. The zero-order chi connectivity index (χ0) is 15.6. The molecule has 2 rings (SSSR count). The third-order valence-corrected chi connectivity index (χ3v) is 4.14. The molecule has 0 aliphatic rings. The van der Waals surface area contributed by atoms with Gasteiger partial charge in [0.05, 0.1) is 6.10 Å². The highest BCUT2D eigenvalue weighted by atomic mass is 19.1. The number of hydrogen-bond donors (Lipinski definition) is 2. The molecule has 0 aromatic heterocycles. The first-order valence-electron chi connectivity index (χ1n) is 7.15. The maximum absolute atomic E-state index is 13.2. The zero-order valence-electron chi connectivity index (χ0n) is 12.7. The van der Waals surface area contributed by atoms with Crippen molar-refractivity contribution in [3.05, 3.63) is 70.0 Å². The Morgan fingerprint density at radius 2 is 1.71 bits per heavy atom. The Hall–Kier alpha value is -1.71. The van der Waals surface area contributed by atoms with Gasteiger partial charge < -0.3 is 10.8 Å². The van der Waals surface area contributed by atoms with Gasteiger partial charge in [-0.2, -0.15) is 0 Å². The first kappa shape index (κ1) is 15.7. The summed E-state index contributed by atoms with van der Waals surface area (Å²) in [7, 11) is 0. The molecule has 0 radical (unpaired) electrons. The third-order valence-electron chi connectivity index (χ3n) is 4.14. The lowest BCUT2D eigenvalue weighted by Gasteiger charge is -2.24. The molecule has 0 aliphatic carbocycles. The molecule has 3 N–H and O–H groups in total. The number of nitrogens with two attached hydrogens (primary N) is 1. The Morgan fingerprint density at radius 1 is 1.00 bits per heavy atom. The highest BCUT2D eigenvalue weighted by Gasteiger charge is 2.23. The molecule has 2 nitrogen and oxygen atoms in total. The van der Waals surface area contributed by atoms with Gasteiger partial charge in [0.15, 0.2) is 0 Å². The molecule has 0 spiro atoms. The first-order valence-corrected chi connectivity index (χ1v) is 7.15. The van der Waals surface area contributed by atoms with Crippen LogP contribution < -0.4 is 5.73 Å². The fourth-order valence-electron chi connectivity index (χ4n) is 2.63. The zero-order valence-corrected chi connectivity index (χ0v) is 12.7. The SMILES string of the molecule is Cc1ccc(C(CN)C(O)c2ccc(F)cc2C)cc1C. The van der Waals surface area contributed by atoms with Crippen molar-refractivity contribution >= 4 is 0 Å². The molecule has 0 aliphatic heterocycles. The smallest absolute Gasteiger partial charge is 0.123 e. The van der Waals surface area contributed by atoms with E-state index in [1.54, 1.807) is 13.0 Å². The van der Waals surface area contributed by atoms with Crippen LogP contribution in [-0.4, -0.2) is 11.7 Å². The lowest BCUT2D eigenvalue weighted by Crippen LogP contribution is -2.21. The molecule has 2 aromatic rings. The summed E-state index contributed by atoms with van der Waals surface area (Å²) < 4.78 is 13.2. The number of aliphatic hydroxyl groups is 1. The summed E-state index contributed by atoms with van der Waals surface area (Å²) >= 11 is 0. The van der Waals surface area contributed by atoms with Crippen LogP contribution in [0.2, 0.25) is 0 Å². The molecule has 0 fully saturated rings. The number of aliphatic hydroxyl groups excluding tert-OH is 1. The van der Waals surface area contributed by atoms with Crippen LogP contribution in [0, 0.1) is 26.6 Å². The first-order chi connectivity index (χ1) is 9.93. The standard InChI is InChI=1S/C18H22FNO/c1-11-4-5-14(8-12(11)2)17(10-20)18(21)16-7-6-15(19)9-13(16)3/h4-9,17-18,21H,10,20H2,1-3H3. The monoisotopic (exact) mass is 287 g/mol. The largest absolute Gasteiger partial charge is 0.388 e. The van der Waals surface area contributed by atoms with Crippen LogP contribution in [0.5, 0.6) is 0 Å². The summed E-state index contributed by atoms with van der Waals surface area (Å²) in [4.78, 5) is 0. The van der Waals surface area contributed by atoms with Crippen LogP contribution in [0.1, 0.15) is 39.8 Å². The Bertz CT molecular complexity index is 639. The van der Waals surface area contributed by atoms with Gasteiger partial charge in [0.2, 0.25) is 0 Å². The van der Waals surface area contributed by atoms with E-state index in [2.05, 4.69) is 13.0 Å². The second-order valence-corrected chi connectivity index (χ2v) is 5.63. The van der Waals surface area contributed by atoms with Gasteiger partial charge in [0.25, 0.3) is 0 Å². The average Bonchev–Trinajstić information content (AvgIpc) is 2.43. The Morgan fingerprint density at radius 3 is 2.29 bits per heavy atom. The predicted octanol–water partition coefficient (Wildman–Crippen LogP) is 3.53. The van der Waals surface area contributed by atoms with Crippen LogP contribution in [0.3, 0.4) is 0 Å². The van der Waals surface area contributed by atoms with Gasteiger partial charge in [-0.1, -0.05) is 24.3 Å². The van der Waals surface area contributed by atoms with E-state index in [-0.39, 0.29) is 11.7 Å². The molecule has 3 heteroatoms. The topological polar surface area (TPSA) is 46.2 Å². The van der Waals surface area contributed by atoms with Crippen molar-refractivity contribution in [2.75, 3.05) is 6.54 Å². The van der Waals surface area contributed by atoms with Gasteiger partial charge in [0, 0.05) is 12.5 Å². The molecule has 0 bridgehead atoms. The van der Waals surface area contributed by atoms with E-state index < -0.39 is 6.10 Å². The highest BCUT2D eigenvalue weighted by Crippen LogP contribution is 2.32. The second-order valence-electron chi connectivity index (χ2n) is 5.63. The van der Waals surface area contributed by atoms with E-state index in [1.165, 1.54) is 23.3 Å². The number of hydrogen-bond acceptors (Lipinski definition) is 2. The van der Waals surface area contributed by atoms with Gasteiger partial charge in [-0.3, -0.25) is 0 Å². The average molecular weight is 287 g/mol. The fourth-order valence-corrected chi connectivity index (χ4v) is 2.63. The summed E-state index contributed by atoms with van der Waals surface area (Å²) in [5.41, 5.74) is 10.7. The summed E-state index contributed by atoms with van der Waals surface area (Å²) in [5, 5.41) is 10.7.